The first-order valence-electron chi connectivity index (χ1n) is 14.1. The first-order valence-corrected chi connectivity index (χ1v) is 15.0. The van der Waals surface area contributed by atoms with E-state index >= 15 is 0 Å². The molecule has 0 atom stereocenters. The summed E-state index contributed by atoms with van der Waals surface area (Å²) >= 11 is 1.11. The third-order valence-electron chi connectivity index (χ3n) is 6.26. The Balaban J connectivity index is 1.71. The van der Waals surface area contributed by atoms with Crippen molar-refractivity contribution in [2.24, 2.45) is 7.05 Å². The van der Waals surface area contributed by atoms with Crippen LogP contribution in [0.2, 0.25) is 0 Å². The molecular formula is C28H46N4O3S. The molecule has 2 rings (SSSR count). The summed E-state index contributed by atoms with van der Waals surface area (Å²) in [5.74, 6) is 2.79. The fraction of sp³-hybridized carbons (Fsp3) is 0.750. The number of hydrogen-bond acceptors (Lipinski definition) is 7. The van der Waals surface area contributed by atoms with Crippen molar-refractivity contribution in [3.05, 3.63) is 5.41 Å². The van der Waals surface area contributed by atoms with E-state index in [9.17, 15) is 4.79 Å². The number of hydrogen-bond donors (Lipinski definition) is 0. The second-order valence-corrected chi connectivity index (χ2v) is 10.3. The molecule has 2 heterocycles. The lowest BCUT2D eigenvalue weighted by Gasteiger charge is -2.08. The van der Waals surface area contributed by atoms with Gasteiger partial charge < -0.3 is 9.47 Å². The molecule has 0 spiro atoms. The topological polar surface area (TPSA) is 79.1 Å². The van der Waals surface area contributed by atoms with Crippen LogP contribution in [0.25, 0.3) is 11.0 Å². The van der Waals surface area contributed by atoms with Gasteiger partial charge in [-0.15, -0.1) is 0 Å². The zero-order chi connectivity index (χ0) is 25.8. The summed E-state index contributed by atoms with van der Waals surface area (Å²) in [6.07, 6.45) is 20.6. The molecule has 36 heavy (non-hydrogen) atoms. The average Bonchev–Trinajstić information content (AvgIpc) is 3.20. The standard InChI is InChI=1S/C28H46N4O3S/c1-4-6-8-9-10-11-12-13-14-15-16-17-18-19-22-35-27-25-24(31-32(27)3)26(34-21-7-5-2)30-28(29-25)36-23-20-33/h23H,4-19,21-22H2,1-3H3. The highest BCUT2D eigenvalue weighted by Crippen LogP contribution is 2.31. The maximum atomic E-state index is 10.6. The van der Waals surface area contributed by atoms with Gasteiger partial charge in [0.05, 0.1) is 18.6 Å². The van der Waals surface area contributed by atoms with Crippen LogP contribution in [-0.2, 0) is 11.8 Å². The summed E-state index contributed by atoms with van der Waals surface area (Å²) in [7, 11) is 1.84. The van der Waals surface area contributed by atoms with Crippen LogP contribution in [0.4, 0.5) is 0 Å². The highest BCUT2D eigenvalue weighted by molar-refractivity contribution is 8.02. The number of aryl methyl sites for hydroxylation is 1. The van der Waals surface area contributed by atoms with E-state index < -0.39 is 0 Å². The molecule has 0 saturated heterocycles. The van der Waals surface area contributed by atoms with Gasteiger partial charge in [-0.05, 0) is 24.6 Å². The summed E-state index contributed by atoms with van der Waals surface area (Å²) in [5.41, 5.74) is 1.20. The number of aromatic nitrogens is 4. The van der Waals surface area contributed by atoms with Crippen molar-refractivity contribution >= 4 is 28.7 Å². The maximum absolute atomic E-state index is 10.6. The van der Waals surface area contributed by atoms with Crippen LogP contribution < -0.4 is 9.47 Å². The predicted octanol–water partition coefficient (Wildman–Crippen LogP) is 7.84. The van der Waals surface area contributed by atoms with Crippen LogP contribution in [0.15, 0.2) is 10.6 Å². The Morgan fingerprint density at radius 3 is 1.89 bits per heavy atom. The Labute approximate surface area is 221 Å². The molecule has 0 aromatic carbocycles. The molecular weight excluding hydrogens is 472 g/mol. The van der Waals surface area contributed by atoms with Crippen LogP contribution in [0, 0.1) is 0 Å². The molecule has 2 aromatic heterocycles. The zero-order valence-electron chi connectivity index (χ0n) is 22.7. The normalized spacial score (nSPS) is 11.1. The number of thioether (sulfide) groups is 1. The van der Waals surface area contributed by atoms with Crippen molar-refractivity contribution in [1.82, 2.24) is 19.7 Å². The summed E-state index contributed by atoms with van der Waals surface area (Å²) in [6.45, 7) is 5.57. The summed E-state index contributed by atoms with van der Waals surface area (Å²) in [6, 6.07) is 0. The van der Waals surface area contributed by atoms with Gasteiger partial charge in [0.1, 0.15) is 5.94 Å². The molecule has 0 fully saturated rings. The third-order valence-corrected chi connectivity index (χ3v) is 6.87. The van der Waals surface area contributed by atoms with Crippen LogP contribution in [0.5, 0.6) is 11.8 Å². The summed E-state index contributed by atoms with van der Waals surface area (Å²) < 4.78 is 13.7. The number of carbonyl (C=O) groups excluding carboxylic acids is 1. The van der Waals surface area contributed by atoms with Gasteiger partial charge in [-0.25, -0.2) is 14.5 Å². The summed E-state index contributed by atoms with van der Waals surface area (Å²) in [4.78, 5) is 19.6. The van der Waals surface area contributed by atoms with Gasteiger partial charge in [0, 0.05) is 7.05 Å². The van der Waals surface area contributed by atoms with Gasteiger partial charge in [-0.2, -0.15) is 10.1 Å². The van der Waals surface area contributed by atoms with E-state index in [1.54, 1.807) is 10.6 Å². The van der Waals surface area contributed by atoms with Crippen molar-refractivity contribution in [3.63, 3.8) is 0 Å². The SMILES string of the molecule is CCCCCCCCCCCCCCCCOc1c2nc(SC=C=O)nc(OCCCC)c2nn1C. The van der Waals surface area contributed by atoms with E-state index in [4.69, 9.17) is 9.47 Å². The van der Waals surface area contributed by atoms with Crippen LogP contribution in [0.3, 0.4) is 0 Å². The molecule has 0 radical (unpaired) electrons. The fourth-order valence-corrected chi connectivity index (χ4v) is 4.61. The third kappa shape index (κ3) is 11.3. The van der Waals surface area contributed by atoms with Crippen molar-refractivity contribution in [2.45, 2.75) is 122 Å². The van der Waals surface area contributed by atoms with Crippen LogP contribution >= 0.6 is 11.8 Å². The number of nitrogens with zero attached hydrogens (tertiary/aromatic N) is 4. The molecule has 0 unspecified atom stereocenters. The number of unbranched alkanes of at least 4 members (excludes halogenated alkanes) is 14. The fourth-order valence-electron chi connectivity index (χ4n) is 4.17. The molecule has 8 heteroatoms. The Kier molecular flexibility index (Phi) is 16.0. The Bertz CT molecular complexity index is 912. The molecule has 0 saturated carbocycles. The van der Waals surface area contributed by atoms with Gasteiger partial charge in [0.2, 0.25) is 11.8 Å². The molecule has 0 aliphatic heterocycles. The lowest BCUT2D eigenvalue weighted by molar-refractivity contribution is 0.282. The molecule has 0 aliphatic carbocycles. The Morgan fingerprint density at radius 2 is 1.31 bits per heavy atom. The van der Waals surface area contributed by atoms with E-state index in [2.05, 4.69) is 28.9 Å². The lowest BCUT2D eigenvalue weighted by atomic mass is 10.0. The molecule has 0 bridgehead atoms. The van der Waals surface area contributed by atoms with E-state index in [0.717, 1.165) is 31.0 Å². The van der Waals surface area contributed by atoms with Gasteiger partial charge in [-0.3, -0.25) is 0 Å². The van der Waals surface area contributed by atoms with Crippen molar-refractivity contribution in [1.29, 1.82) is 0 Å². The molecule has 0 aliphatic rings. The molecule has 202 valence electrons. The minimum atomic E-state index is 0.423. The van der Waals surface area contributed by atoms with Gasteiger partial charge in [0.25, 0.3) is 0 Å². The largest absolute Gasteiger partial charge is 0.476 e. The predicted molar refractivity (Wildman–Crippen MR) is 149 cm³/mol. The Hall–Kier alpha value is -2.05. The lowest BCUT2D eigenvalue weighted by Crippen LogP contribution is -2.03. The zero-order valence-corrected chi connectivity index (χ0v) is 23.5. The Morgan fingerprint density at radius 1 is 0.750 bits per heavy atom. The van der Waals surface area contributed by atoms with Crippen molar-refractivity contribution in [2.75, 3.05) is 13.2 Å². The van der Waals surface area contributed by atoms with Crippen LogP contribution in [0.1, 0.15) is 117 Å². The molecule has 7 nitrogen and oxygen atoms in total. The minimum absolute atomic E-state index is 0.423. The summed E-state index contributed by atoms with van der Waals surface area (Å²) in [5, 5.41) is 6.26. The maximum Gasteiger partial charge on any atom is 0.246 e. The minimum Gasteiger partial charge on any atom is -0.476 e. The second-order valence-electron chi connectivity index (χ2n) is 9.44. The van der Waals surface area contributed by atoms with Crippen LogP contribution in [-0.4, -0.2) is 38.9 Å². The number of ether oxygens (including phenoxy) is 2. The molecule has 0 amide bonds. The second kappa shape index (κ2) is 19.1. The quantitative estimate of drug-likeness (QED) is 0.0679. The molecule has 0 N–H and O–H groups in total. The average molecular weight is 519 g/mol. The number of fused-ring (bicyclic) bond motifs is 1. The van der Waals surface area contributed by atoms with Gasteiger partial charge >= 0.3 is 0 Å². The molecule has 2 aromatic rings. The first kappa shape index (κ1) is 30.2. The monoisotopic (exact) mass is 518 g/mol. The number of rotatable bonds is 22. The van der Waals surface area contributed by atoms with E-state index in [1.165, 1.54) is 88.9 Å². The smallest absolute Gasteiger partial charge is 0.246 e. The van der Waals surface area contributed by atoms with Gasteiger partial charge in [-0.1, -0.05) is 104 Å². The van der Waals surface area contributed by atoms with Gasteiger partial charge in [0.15, 0.2) is 16.2 Å². The van der Waals surface area contributed by atoms with Crippen molar-refractivity contribution in [3.8, 4) is 11.8 Å². The first-order chi connectivity index (χ1) is 17.7. The van der Waals surface area contributed by atoms with E-state index in [-0.39, 0.29) is 0 Å². The van der Waals surface area contributed by atoms with Crippen molar-refractivity contribution < 1.29 is 14.3 Å². The highest BCUT2D eigenvalue weighted by atomic mass is 32.2. The van der Waals surface area contributed by atoms with E-state index in [0.29, 0.717) is 41.2 Å². The van der Waals surface area contributed by atoms with E-state index in [1.807, 2.05) is 7.05 Å². The highest BCUT2D eigenvalue weighted by Gasteiger charge is 2.19.